The van der Waals surface area contributed by atoms with Crippen LogP contribution in [0.3, 0.4) is 0 Å². The van der Waals surface area contributed by atoms with Gasteiger partial charge in [0.2, 0.25) is 0 Å². The standard InChI is InChI=1S/C32H58/c1-18-20(3)29(12,13)32(17)22(5)26-28(10,11)23(6)27(8,9)24(7)31(26,16)21(4)19(2)25(18)30(32,14)15/h19-24,26H,1-17H3. The first-order chi connectivity index (χ1) is 14.1. The minimum absolute atomic E-state index is 0.192. The number of hydrogen-bond donors (Lipinski definition) is 0. The van der Waals surface area contributed by atoms with Gasteiger partial charge in [-0.05, 0) is 80.8 Å². The van der Waals surface area contributed by atoms with E-state index in [1.54, 1.807) is 11.1 Å². The van der Waals surface area contributed by atoms with Crippen molar-refractivity contribution in [3.63, 3.8) is 0 Å². The summed E-state index contributed by atoms with van der Waals surface area (Å²) in [5.74, 6) is 4.63. The molecule has 9 unspecified atom stereocenters. The molecule has 0 amide bonds. The van der Waals surface area contributed by atoms with E-state index in [4.69, 9.17) is 0 Å². The smallest absolute Gasteiger partial charge is 0.00775 e. The molecule has 0 N–H and O–H groups in total. The summed E-state index contributed by atoms with van der Waals surface area (Å²) in [5.41, 5.74) is 5.10. The van der Waals surface area contributed by atoms with E-state index in [1.807, 2.05) is 0 Å². The monoisotopic (exact) mass is 442 g/mol. The van der Waals surface area contributed by atoms with Crippen LogP contribution in [0, 0.1) is 73.9 Å². The average molecular weight is 443 g/mol. The van der Waals surface area contributed by atoms with Gasteiger partial charge in [-0.15, -0.1) is 0 Å². The fourth-order valence-electron chi connectivity index (χ4n) is 11.3. The number of hydrogen-bond acceptors (Lipinski definition) is 0. The summed E-state index contributed by atoms with van der Waals surface area (Å²) in [5, 5.41) is 0. The Morgan fingerprint density at radius 3 is 1.53 bits per heavy atom. The van der Waals surface area contributed by atoms with Crippen molar-refractivity contribution in [3.05, 3.63) is 11.1 Å². The molecule has 0 saturated heterocycles. The van der Waals surface area contributed by atoms with Crippen LogP contribution in [0.15, 0.2) is 11.1 Å². The molecule has 0 aromatic rings. The zero-order valence-corrected chi connectivity index (χ0v) is 25.0. The maximum atomic E-state index is 2.72. The molecule has 0 radical (unpaired) electrons. The lowest BCUT2D eigenvalue weighted by atomic mass is 9.29. The zero-order valence-electron chi connectivity index (χ0n) is 25.0. The van der Waals surface area contributed by atoms with E-state index >= 15 is 0 Å². The number of fused-ring (bicyclic) bond motifs is 3. The second-order valence-electron chi connectivity index (χ2n) is 15.7. The van der Waals surface area contributed by atoms with E-state index in [0.717, 1.165) is 0 Å². The average Bonchev–Trinajstić information content (AvgIpc) is 2.67. The molecule has 0 aliphatic heterocycles. The highest BCUT2D eigenvalue weighted by Gasteiger charge is 2.71. The van der Waals surface area contributed by atoms with E-state index in [9.17, 15) is 0 Å². The summed E-state index contributed by atoms with van der Waals surface area (Å²) in [6, 6.07) is 0. The van der Waals surface area contributed by atoms with Crippen LogP contribution >= 0.6 is 0 Å². The topological polar surface area (TPSA) is 0 Å². The van der Waals surface area contributed by atoms with Gasteiger partial charge in [0.25, 0.3) is 0 Å². The number of rotatable bonds is 0. The highest BCUT2D eigenvalue weighted by molar-refractivity contribution is 5.37. The lowest BCUT2D eigenvalue weighted by Gasteiger charge is -2.75. The fourth-order valence-corrected chi connectivity index (χ4v) is 11.3. The Balaban J connectivity index is 2.49. The Morgan fingerprint density at radius 1 is 0.594 bits per heavy atom. The van der Waals surface area contributed by atoms with Crippen molar-refractivity contribution >= 4 is 0 Å². The highest BCUT2D eigenvalue weighted by atomic mass is 14.8. The van der Waals surface area contributed by atoms with Crippen molar-refractivity contribution in [2.45, 2.75) is 118 Å². The molecule has 2 fully saturated rings. The van der Waals surface area contributed by atoms with Gasteiger partial charge in [0.05, 0.1) is 0 Å². The van der Waals surface area contributed by atoms with Crippen LogP contribution in [0.2, 0.25) is 0 Å². The van der Waals surface area contributed by atoms with Crippen LogP contribution in [0.25, 0.3) is 0 Å². The van der Waals surface area contributed by atoms with Crippen molar-refractivity contribution in [3.8, 4) is 0 Å². The molecule has 32 heavy (non-hydrogen) atoms. The fraction of sp³-hybridized carbons (Fsp3) is 0.938. The largest absolute Gasteiger partial charge is 0.0699 e. The molecular weight excluding hydrogens is 384 g/mol. The van der Waals surface area contributed by atoms with Crippen molar-refractivity contribution in [1.82, 2.24) is 0 Å². The van der Waals surface area contributed by atoms with Gasteiger partial charge in [0.1, 0.15) is 0 Å². The van der Waals surface area contributed by atoms with Gasteiger partial charge in [-0.1, -0.05) is 122 Å². The third kappa shape index (κ3) is 2.57. The molecule has 0 heteroatoms. The number of allylic oxidation sites excluding steroid dienone is 2. The van der Waals surface area contributed by atoms with E-state index < -0.39 is 0 Å². The maximum Gasteiger partial charge on any atom is -0.00775 e. The summed E-state index contributed by atoms with van der Waals surface area (Å²) in [4.78, 5) is 0. The summed E-state index contributed by atoms with van der Waals surface area (Å²) < 4.78 is 0. The van der Waals surface area contributed by atoms with Crippen LogP contribution in [0.1, 0.15) is 118 Å². The Kier molecular flexibility index (Phi) is 5.69. The van der Waals surface area contributed by atoms with Gasteiger partial charge >= 0.3 is 0 Å². The molecule has 0 nitrogen and oxygen atoms in total. The van der Waals surface area contributed by atoms with E-state index in [2.05, 4.69) is 118 Å². The van der Waals surface area contributed by atoms with E-state index in [-0.39, 0.29) is 16.2 Å². The quantitative estimate of drug-likeness (QED) is 0.327. The Bertz CT molecular complexity index is 804. The SMILES string of the molecule is CC1=C2C(C)C(C)C3(C)C(C)C(C)(C)C(C)C(C)(C)C3C(C)C(C)(C2(C)C)C(C)(C)C1C. The Hall–Kier alpha value is -0.260. The first-order valence-corrected chi connectivity index (χ1v) is 13.8. The minimum atomic E-state index is 0.192. The van der Waals surface area contributed by atoms with Crippen molar-refractivity contribution in [2.24, 2.45) is 73.9 Å². The molecule has 0 aromatic heterocycles. The van der Waals surface area contributed by atoms with Crippen molar-refractivity contribution in [1.29, 1.82) is 0 Å². The van der Waals surface area contributed by atoms with Gasteiger partial charge in [-0.25, -0.2) is 0 Å². The molecule has 3 rings (SSSR count). The summed E-state index contributed by atoms with van der Waals surface area (Å²) in [6.07, 6.45) is 0. The zero-order chi connectivity index (χ0) is 25.2. The summed E-state index contributed by atoms with van der Waals surface area (Å²) in [7, 11) is 0. The predicted molar refractivity (Wildman–Crippen MR) is 143 cm³/mol. The van der Waals surface area contributed by atoms with Crippen LogP contribution in [-0.2, 0) is 0 Å². The van der Waals surface area contributed by atoms with Gasteiger partial charge in [-0.3, -0.25) is 0 Å². The highest BCUT2D eigenvalue weighted by Crippen LogP contribution is 2.77. The first-order valence-electron chi connectivity index (χ1n) is 13.8. The van der Waals surface area contributed by atoms with E-state index in [0.29, 0.717) is 57.7 Å². The molecule has 0 heterocycles. The lowest BCUT2D eigenvalue weighted by molar-refractivity contribution is -0.249. The molecule has 2 saturated carbocycles. The van der Waals surface area contributed by atoms with Gasteiger partial charge in [0, 0.05) is 0 Å². The Morgan fingerprint density at radius 2 is 1.06 bits per heavy atom. The molecule has 2 bridgehead atoms. The molecule has 0 aromatic carbocycles. The van der Waals surface area contributed by atoms with Crippen LogP contribution < -0.4 is 0 Å². The van der Waals surface area contributed by atoms with Crippen molar-refractivity contribution in [2.75, 3.05) is 0 Å². The summed E-state index contributed by atoms with van der Waals surface area (Å²) in [6.45, 7) is 44.4. The predicted octanol–water partition coefficient (Wildman–Crippen LogP) is 9.89. The normalized spacial score (nSPS) is 51.5. The molecule has 3 aliphatic carbocycles. The van der Waals surface area contributed by atoms with Crippen LogP contribution in [-0.4, -0.2) is 0 Å². The minimum Gasteiger partial charge on any atom is -0.0699 e. The Labute approximate surface area is 202 Å². The first kappa shape index (κ1) is 26.3. The van der Waals surface area contributed by atoms with Gasteiger partial charge < -0.3 is 0 Å². The maximum absolute atomic E-state index is 2.72. The third-order valence-corrected chi connectivity index (χ3v) is 14.8. The molecule has 3 aliphatic rings. The van der Waals surface area contributed by atoms with E-state index in [1.165, 1.54) is 0 Å². The van der Waals surface area contributed by atoms with Gasteiger partial charge in [-0.2, -0.15) is 0 Å². The summed E-state index contributed by atoms with van der Waals surface area (Å²) >= 11 is 0. The third-order valence-electron chi connectivity index (χ3n) is 14.8. The lowest BCUT2D eigenvalue weighted by Crippen LogP contribution is -2.69. The van der Waals surface area contributed by atoms with Crippen LogP contribution in [0.5, 0.6) is 0 Å². The molecule has 0 spiro atoms. The second-order valence-corrected chi connectivity index (χ2v) is 15.7. The van der Waals surface area contributed by atoms with Gasteiger partial charge in [0.15, 0.2) is 0 Å². The molecule has 186 valence electrons. The van der Waals surface area contributed by atoms with Crippen LogP contribution in [0.4, 0.5) is 0 Å². The molecule has 9 atom stereocenters. The van der Waals surface area contributed by atoms with Crippen molar-refractivity contribution < 1.29 is 0 Å². The molecular formula is C32H58. The second kappa shape index (κ2) is 6.91.